The van der Waals surface area contributed by atoms with Crippen LogP contribution in [-0.4, -0.2) is 55.6 Å². The third kappa shape index (κ3) is 12.8. The van der Waals surface area contributed by atoms with Crippen LogP contribution >= 0.6 is 0 Å². The zero-order chi connectivity index (χ0) is 38.4. The van der Waals surface area contributed by atoms with Gasteiger partial charge in [0.25, 0.3) is 0 Å². The van der Waals surface area contributed by atoms with Gasteiger partial charge in [-0.25, -0.2) is 0 Å². The number of rotatable bonds is 13. The van der Waals surface area contributed by atoms with E-state index >= 15 is 0 Å². The van der Waals surface area contributed by atoms with Crippen molar-refractivity contribution in [3.8, 4) is 0 Å². The van der Waals surface area contributed by atoms with Crippen molar-refractivity contribution in [2.24, 2.45) is 34.5 Å². The second kappa shape index (κ2) is 21.5. The second-order valence-electron chi connectivity index (χ2n) is 18.9. The summed E-state index contributed by atoms with van der Waals surface area (Å²) in [6.45, 7) is 33.4. The molecule has 5 atom stereocenters. The maximum atomic E-state index is 4.36. The van der Waals surface area contributed by atoms with Crippen molar-refractivity contribution in [1.82, 2.24) is 15.1 Å². The lowest BCUT2D eigenvalue weighted by molar-refractivity contribution is 0.219. The lowest BCUT2D eigenvalue weighted by Gasteiger charge is -2.35. The molecule has 7 rings (SSSR count). The van der Waals surface area contributed by atoms with Crippen molar-refractivity contribution in [3.63, 3.8) is 0 Å². The number of aryl methyl sites for hydroxylation is 2. The van der Waals surface area contributed by atoms with Gasteiger partial charge in [-0.1, -0.05) is 162 Å². The molecule has 4 aliphatic carbocycles. The molecule has 0 amide bonds. The van der Waals surface area contributed by atoms with Crippen molar-refractivity contribution in [2.75, 3.05) is 45.8 Å². The summed E-state index contributed by atoms with van der Waals surface area (Å²) in [6.07, 6.45) is 27.6. The van der Waals surface area contributed by atoms with E-state index in [-0.39, 0.29) is 10.8 Å². The van der Waals surface area contributed by atoms with Gasteiger partial charge in [-0.3, -0.25) is 0 Å². The van der Waals surface area contributed by atoms with Gasteiger partial charge in [0.05, 0.1) is 0 Å². The SMILES string of the molecule is C=C(CC)N1CC(C2=CC2)C(C)(CNCC2(C)CN(CCC)CC2c2ccc(CC)c(C)c2)C1.CC1CCCC1.CCC1C=CC1.CCC1CCCC1. The second-order valence-corrected chi connectivity index (χ2v) is 18.9. The lowest BCUT2D eigenvalue weighted by Crippen LogP contribution is -2.44. The first-order chi connectivity index (χ1) is 25.5. The summed E-state index contributed by atoms with van der Waals surface area (Å²) in [5, 5.41) is 4.03. The predicted molar refractivity (Wildman–Crippen MR) is 234 cm³/mol. The van der Waals surface area contributed by atoms with Crippen LogP contribution in [0.5, 0.6) is 0 Å². The summed E-state index contributed by atoms with van der Waals surface area (Å²) in [5.41, 5.74) is 8.01. The van der Waals surface area contributed by atoms with Crippen molar-refractivity contribution in [1.29, 1.82) is 0 Å². The van der Waals surface area contributed by atoms with Gasteiger partial charge in [-0.05, 0) is 86.4 Å². The van der Waals surface area contributed by atoms with E-state index in [4.69, 9.17) is 0 Å². The van der Waals surface area contributed by atoms with E-state index in [0.717, 1.165) is 56.8 Å². The Labute approximate surface area is 329 Å². The number of allylic oxidation sites excluding steroid dienone is 4. The van der Waals surface area contributed by atoms with Crippen LogP contribution in [0, 0.1) is 41.4 Å². The number of hydrogen-bond acceptors (Lipinski definition) is 3. The minimum atomic E-state index is 0.255. The van der Waals surface area contributed by atoms with Gasteiger partial charge >= 0.3 is 0 Å². The third-order valence-corrected chi connectivity index (χ3v) is 14.2. The Morgan fingerprint density at radius 1 is 0.868 bits per heavy atom. The molecule has 1 N–H and O–H groups in total. The van der Waals surface area contributed by atoms with Gasteiger partial charge in [0.2, 0.25) is 0 Å². The number of nitrogens with zero attached hydrogens (tertiary/aromatic N) is 2. The van der Waals surface area contributed by atoms with E-state index in [1.165, 1.54) is 125 Å². The van der Waals surface area contributed by atoms with Crippen molar-refractivity contribution in [3.05, 3.63) is 71.0 Å². The quantitative estimate of drug-likeness (QED) is 0.204. The van der Waals surface area contributed by atoms with Crippen LogP contribution in [0.25, 0.3) is 0 Å². The van der Waals surface area contributed by atoms with E-state index < -0.39 is 0 Å². The highest BCUT2D eigenvalue weighted by Gasteiger charge is 2.47. The maximum absolute atomic E-state index is 4.36. The predicted octanol–water partition coefficient (Wildman–Crippen LogP) is 12.9. The van der Waals surface area contributed by atoms with Gasteiger partial charge in [0.1, 0.15) is 0 Å². The van der Waals surface area contributed by atoms with Crippen molar-refractivity contribution < 1.29 is 0 Å². The minimum absolute atomic E-state index is 0.255. The number of hydrogen-bond donors (Lipinski definition) is 1. The molecule has 0 radical (unpaired) electrons. The Morgan fingerprint density at radius 2 is 1.51 bits per heavy atom. The zero-order valence-electron chi connectivity index (χ0n) is 36.5. The first kappa shape index (κ1) is 43.9. The molecule has 0 bridgehead atoms. The van der Waals surface area contributed by atoms with E-state index in [0.29, 0.717) is 11.8 Å². The number of nitrogens with one attached hydrogen (secondary N) is 1. The van der Waals surface area contributed by atoms with Gasteiger partial charge in [0.15, 0.2) is 0 Å². The zero-order valence-corrected chi connectivity index (χ0v) is 36.5. The molecule has 0 spiro atoms. The van der Waals surface area contributed by atoms with E-state index in [2.05, 4.69) is 120 Å². The molecule has 3 nitrogen and oxygen atoms in total. The minimum Gasteiger partial charge on any atom is -0.374 e. The molecular formula is C50H85N3. The lowest BCUT2D eigenvalue weighted by atomic mass is 9.74. The smallest absolute Gasteiger partial charge is 0.0247 e. The molecule has 2 saturated carbocycles. The summed E-state index contributed by atoms with van der Waals surface area (Å²) in [7, 11) is 0. The standard InChI is InChI=1S/C31H49N3.C7H14.C6H12.C6H10/c1-8-15-33-17-28(27-14-11-25(10-3)23(4)16-27)30(6,21-33)19-32-20-31(7)22-34(24(5)9-2)18-29(31)26-12-13-26;1-2-7-5-3-4-6-7;1-6-4-2-3-5-6;1-2-6-4-3-5-6/h11-12,14,16,28-29,32H,5,8-10,13,15,17-22H2,1-4,6-7H3;7H,2-6H2,1H3;6H,2-5H2,1H3;3-4,6H,2,5H2,1H3. The Hall–Kier alpha value is -1.84. The third-order valence-electron chi connectivity index (χ3n) is 14.2. The summed E-state index contributed by atoms with van der Waals surface area (Å²) in [5.74, 6) is 4.34. The van der Waals surface area contributed by atoms with Crippen LogP contribution in [0.15, 0.2) is 54.3 Å². The Balaban J connectivity index is 0.000000264. The molecule has 2 aliphatic heterocycles. The van der Waals surface area contributed by atoms with Crippen molar-refractivity contribution >= 4 is 0 Å². The fraction of sp³-hybridized carbons (Fsp3) is 0.760. The molecule has 6 aliphatic rings. The fourth-order valence-corrected chi connectivity index (χ4v) is 10.1. The van der Waals surface area contributed by atoms with Crippen molar-refractivity contribution in [2.45, 2.75) is 165 Å². The average molecular weight is 728 g/mol. The molecule has 2 heterocycles. The van der Waals surface area contributed by atoms with Gasteiger partial charge in [-0.15, -0.1) is 0 Å². The molecule has 0 aromatic heterocycles. The highest BCUT2D eigenvalue weighted by molar-refractivity contribution is 5.35. The fourth-order valence-electron chi connectivity index (χ4n) is 10.1. The normalized spacial score (nSPS) is 29.4. The molecule has 53 heavy (non-hydrogen) atoms. The summed E-state index contributed by atoms with van der Waals surface area (Å²) < 4.78 is 0. The molecule has 3 heteroatoms. The summed E-state index contributed by atoms with van der Waals surface area (Å²) in [4.78, 5) is 5.27. The number of benzene rings is 1. The highest BCUT2D eigenvalue weighted by Crippen LogP contribution is 2.47. The molecule has 2 saturated heterocycles. The van der Waals surface area contributed by atoms with Crippen LogP contribution < -0.4 is 5.32 Å². The summed E-state index contributed by atoms with van der Waals surface area (Å²) >= 11 is 0. The first-order valence-electron chi connectivity index (χ1n) is 22.8. The largest absolute Gasteiger partial charge is 0.374 e. The van der Waals surface area contributed by atoms with Crippen LogP contribution in [0.3, 0.4) is 0 Å². The topological polar surface area (TPSA) is 18.5 Å². The van der Waals surface area contributed by atoms with Crippen LogP contribution in [0.4, 0.5) is 0 Å². The highest BCUT2D eigenvalue weighted by atomic mass is 15.2. The molecule has 5 unspecified atom stereocenters. The molecule has 4 fully saturated rings. The van der Waals surface area contributed by atoms with Crippen LogP contribution in [-0.2, 0) is 6.42 Å². The number of likely N-dealkylation sites (tertiary alicyclic amines) is 2. The first-order valence-corrected chi connectivity index (χ1v) is 22.8. The van der Waals surface area contributed by atoms with Crippen LogP contribution in [0.2, 0.25) is 0 Å². The van der Waals surface area contributed by atoms with Gasteiger partial charge in [-0.2, -0.15) is 0 Å². The Morgan fingerprint density at radius 3 is 1.94 bits per heavy atom. The average Bonchev–Trinajstić information content (AvgIpc) is 3.44. The Kier molecular flexibility index (Phi) is 17.8. The van der Waals surface area contributed by atoms with Gasteiger partial charge < -0.3 is 15.1 Å². The summed E-state index contributed by atoms with van der Waals surface area (Å²) in [6, 6.07) is 7.29. The van der Waals surface area contributed by atoms with Crippen LogP contribution in [0.1, 0.15) is 168 Å². The molecule has 1 aromatic rings. The van der Waals surface area contributed by atoms with E-state index in [1.54, 1.807) is 5.57 Å². The van der Waals surface area contributed by atoms with E-state index in [9.17, 15) is 0 Å². The molecule has 1 aromatic carbocycles. The van der Waals surface area contributed by atoms with Gasteiger partial charge in [0, 0.05) is 67.6 Å². The monoisotopic (exact) mass is 728 g/mol. The maximum Gasteiger partial charge on any atom is 0.0247 e. The molecule has 300 valence electrons. The van der Waals surface area contributed by atoms with E-state index in [1.807, 2.05) is 0 Å². The molecular weight excluding hydrogens is 643 g/mol. The Bertz CT molecular complexity index is 1300.